The van der Waals surface area contributed by atoms with E-state index >= 15 is 0 Å². The average molecular weight is 323 g/mol. The number of halogens is 1. The number of pyridine rings is 1. The van der Waals surface area contributed by atoms with Gasteiger partial charge in [0.05, 0.1) is 17.8 Å². The molecule has 100 valence electrons. The first kappa shape index (κ1) is 12.7. The molecule has 0 radical (unpaired) electrons. The Kier molecular flexibility index (Phi) is 3.09. The van der Waals surface area contributed by atoms with Gasteiger partial charge in [-0.25, -0.2) is 9.31 Å². The highest BCUT2D eigenvalue weighted by molar-refractivity contribution is 9.10. The van der Waals surface area contributed by atoms with E-state index < -0.39 is 0 Å². The number of aromatic nitrogens is 2. The SMILES string of the molecule is CCOC(=O)c1c(C2CC2)nn2cc(C)c(Br)cc12. The average Bonchev–Trinajstić information content (AvgIpc) is 3.13. The van der Waals surface area contributed by atoms with Crippen LogP contribution in [0.15, 0.2) is 16.7 Å². The Bertz CT molecular complexity index is 659. The Labute approximate surface area is 119 Å². The summed E-state index contributed by atoms with van der Waals surface area (Å²) in [5, 5.41) is 4.57. The Hall–Kier alpha value is -1.36. The molecule has 0 N–H and O–H groups in total. The summed E-state index contributed by atoms with van der Waals surface area (Å²) < 4.78 is 7.95. The molecule has 1 aliphatic carbocycles. The fraction of sp³-hybridized carbons (Fsp3) is 0.429. The molecule has 5 heteroatoms. The minimum Gasteiger partial charge on any atom is -0.462 e. The van der Waals surface area contributed by atoms with Crippen LogP contribution in [0.5, 0.6) is 0 Å². The molecule has 0 spiro atoms. The molecular weight excluding hydrogens is 308 g/mol. The van der Waals surface area contributed by atoms with Gasteiger partial charge >= 0.3 is 5.97 Å². The third-order valence-electron chi connectivity index (χ3n) is 3.37. The molecule has 1 saturated carbocycles. The third-order valence-corrected chi connectivity index (χ3v) is 4.23. The van der Waals surface area contributed by atoms with Gasteiger partial charge in [0.2, 0.25) is 0 Å². The van der Waals surface area contributed by atoms with Gasteiger partial charge in [0.1, 0.15) is 5.56 Å². The summed E-state index contributed by atoms with van der Waals surface area (Å²) in [7, 11) is 0. The minimum atomic E-state index is -0.268. The van der Waals surface area contributed by atoms with Crippen LogP contribution in [-0.2, 0) is 4.74 Å². The van der Waals surface area contributed by atoms with Crippen molar-refractivity contribution in [3.05, 3.63) is 33.6 Å². The predicted molar refractivity (Wildman–Crippen MR) is 75.6 cm³/mol. The number of carbonyl (C=O) groups is 1. The highest BCUT2D eigenvalue weighted by atomic mass is 79.9. The fourth-order valence-corrected chi connectivity index (χ4v) is 2.56. The van der Waals surface area contributed by atoms with Crippen molar-refractivity contribution in [2.24, 2.45) is 0 Å². The lowest BCUT2D eigenvalue weighted by Crippen LogP contribution is -2.06. The van der Waals surface area contributed by atoms with Crippen LogP contribution in [0, 0.1) is 6.92 Å². The van der Waals surface area contributed by atoms with E-state index in [1.165, 1.54) is 0 Å². The molecule has 0 amide bonds. The summed E-state index contributed by atoms with van der Waals surface area (Å²) >= 11 is 3.51. The van der Waals surface area contributed by atoms with Crippen LogP contribution in [0.4, 0.5) is 0 Å². The van der Waals surface area contributed by atoms with Crippen molar-refractivity contribution in [1.82, 2.24) is 9.61 Å². The number of nitrogens with zero attached hydrogens (tertiary/aromatic N) is 2. The second-order valence-electron chi connectivity index (χ2n) is 4.89. The standard InChI is InChI=1S/C14H15BrN2O2/c1-3-19-14(18)12-11-6-10(15)8(2)7-17(11)16-13(12)9-4-5-9/h6-7,9H,3-5H2,1-2H3. The van der Waals surface area contributed by atoms with Crippen molar-refractivity contribution < 1.29 is 9.53 Å². The van der Waals surface area contributed by atoms with Gasteiger partial charge in [-0.05, 0) is 38.3 Å². The highest BCUT2D eigenvalue weighted by Crippen LogP contribution is 2.42. The zero-order chi connectivity index (χ0) is 13.6. The molecule has 4 nitrogen and oxygen atoms in total. The van der Waals surface area contributed by atoms with Gasteiger partial charge in [0.25, 0.3) is 0 Å². The Morgan fingerprint density at radius 1 is 1.58 bits per heavy atom. The van der Waals surface area contributed by atoms with E-state index in [0.717, 1.165) is 34.1 Å². The molecule has 2 aromatic rings. The monoisotopic (exact) mass is 322 g/mol. The van der Waals surface area contributed by atoms with Crippen LogP contribution in [0.1, 0.15) is 47.3 Å². The molecule has 2 heterocycles. The van der Waals surface area contributed by atoms with Crippen LogP contribution < -0.4 is 0 Å². The molecular formula is C14H15BrN2O2. The van der Waals surface area contributed by atoms with E-state index in [0.29, 0.717) is 18.1 Å². The van der Waals surface area contributed by atoms with E-state index in [1.807, 2.05) is 26.1 Å². The Morgan fingerprint density at radius 3 is 2.95 bits per heavy atom. The summed E-state index contributed by atoms with van der Waals surface area (Å²) in [5.41, 5.74) is 3.42. The number of fused-ring (bicyclic) bond motifs is 1. The number of hydrogen-bond donors (Lipinski definition) is 0. The summed E-state index contributed by atoms with van der Waals surface area (Å²) in [6.07, 6.45) is 4.15. The first-order valence-corrected chi connectivity index (χ1v) is 7.26. The van der Waals surface area contributed by atoms with Crippen molar-refractivity contribution in [2.75, 3.05) is 6.61 Å². The maximum atomic E-state index is 12.2. The lowest BCUT2D eigenvalue weighted by atomic mass is 10.1. The number of ether oxygens (including phenoxy) is 1. The van der Waals surface area contributed by atoms with Gasteiger partial charge in [-0.15, -0.1) is 0 Å². The third kappa shape index (κ3) is 2.16. The minimum absolute atomic E-state index is 0.268. The first-order chi connectivity index (χ1) is 9.11. The van der Waals surface area contributed by atoms with Crippen LogP contribution in [0.25, 0.3) is 5.52 Å². The number of aryl methyl sites for hydroxylation is 1. The Balaban J connectivity index is 2.22. The number of hydrogen-bond acceptors (Lipinski definition) is 3. The van der Waals surface area contributed by atoms with Gasteiger partial charge in [-0.3, -0.25) is 0 Å². The molecule has 19 heavy (non-hydrogen) atoms. The van der Waals surface area contributed by atoms with Crippen molar-refractivity contribution in [1.29, 1.82) is 0 Å². The molecule has 3 rings (SSSR count). The van der Waals surface area contributed by atoms with Gasteiger partial charge in [-0.2, -0.15) is 5.10 Å². The van der Waals surface area contributed by atoms with Crippen LogP contribution in [-0.4, -0.2) is 22.2 Å². The largest absolute Gasteiger partial charge is 0.462 e. The van der Waals surface area contributed by atoms with Crippen LogP contribution >= 0.6 is 15.9 Å². The maximum Gasteiger partial charge on any atom is 0.342 e. The molecule has 2 aromatic heterocycles. The summed E-state index contributed by atoms with van der Waals surface area (Å²) in [5.74, 6) is 0.147. The summed E-state index contributed by atoms with van der Waals surface area (Å²) in [6.45, 7) is 4.21. The highest BCUT2D eigenvalue weighted by Gasteiger charge is 2.33. The van der Waals surface area contributed by atoms with E-state index in [9.17, 15) is 4.79 Å². The van der Waals surface area contributed by atoms with Crippen molar-refractivity contribution >= 4 is 27.4 Å². The first-order valence-electron chi connectivity index (χ1n) is 6.47. The van der Waals surface area contributed by atoms with Gasteiger partial charge in [0.15, 0.2) is 0 Å². The topological polar surface area (TPSA) is 43.6 Å². The van der Waals surface area contributed by atoms with E-state index in [2.05, 4.69) is 21.0 Å². The normalized spacial score (nSPS) is 14.9. The quantitative estimate of drug-likeness (QED) is 0.813. The molecule has 0 aromatic carbocycles. The smallest absolute Gasteiger partial charge is 0.342 e. The number of rotatable bonds is 3. The number of carbonyl (C=O) groups excluding carboxylic acids is 1. The summed E-state index contributed by atoms with van der Waals surface area (Å²) in [4.78, 5) is 12.2. The number of esters is 1. The zero-order valence-electron chi connectivity index (χ0n) is 10.9. The van der Waals surface area contributed by atoms with Crippen LogP contribution in [0.3, 0.4) is 0 Å². The van der Waals surface area contributed by atoms with E-state index in [4.69, 9.17) is 4.74 Å². The van der Waals surface area contributed by atoms with Crippen molar-refractivity contribution in [3.8, 4) is 0 Å². The molecule has 0 unspecified atom stereocenters. The molecule has 1 fully saturated rings. The van der Waals surface area contributed by atoms with Gasteiger partial charge in [-0.1, -0.05) is 15.9 Å². The summed E-state index contributed by atoms with van der Waals surface area (Å²) in [6, 6.07) is 1.94. The molecule has 0 saturated heterocycles. The Morgan fingerprint density at radius 2 is 2.32 bits per heavy atom. The van der Waals surface area contributed by atoms with E-state index in [1.54, 1.807) is 4.52 Å². The fourth-order valence-electron chi connectivity index (χ4n) is 2.24. The lowest BCUT2D eigenvalue weighted by Gasteiger charge is -2.03. The second kappa shape index (κ2) is 4.63. The molecule has 0 atom stereocenters. The molecule has 0 bridgehead atoms. The maximum absolute atomic E-state index is 12.2. The lowest BCUT2D eigenvalue weighted by molar-refractivity contribution is 0.0527. The zero-order valence-corrected chi connectivity index (χ0v) is 12.5. The molecule has 0 aliphatic heterocycles. The van der Waals surface area contributed by atoms with Crippen LogP contribution in [0.2, 0.25) is 0 Å². The van der Waals surface area contributed by atoms with E-state index in [-0.39, 0.29) is 5.97 Å². The van der Waals surface area contributed by atoms with Crippen molar-refractivity contribution in [2.45, 2.75) is 32.6 Å². The van der Waals surface area contributed by atoms with Gasteiger partial charge in [0, 0.05) is 16.6 Å². The van der Waals surface area contributed by atoms with Gasteiger partial charge < -0.3 is 4.74 Å². The van der Waals surface area contributed by atoms with Crippen molar-refractivity contribution in [3.63, 3.8) is 0 Å². The second-order valence-corrected chi connectivity index (χ2v) is 5.74. The predicted octanol–water partition coefficient (Wildman–Crippen LogP) is 3.46. The molecule has 1 aliphatic rings.